The van der Waals surface area contributed by atoms with Gasteiger partial charge in [-0.3, -0.25) is 0 Å². The third-order valence-corrected chi connectivity index (χ3v) is 3.79. The summed E-state index contributed by atoms with van der Waals surface area (Å²) in [5.41, 5.74) is 0.954. The third kappa shape index (κ3) is 1.73. The summed E-state index contributed by atoms with van der Waals surface area (Å²) >= 11 is 0. The molecule has 4 heteroatoms. The maximum Gasteiger partial charge on any atom is 0.111 e. The fourth-order valence-electron chi connectivity index (χ4n) is 2.53. The van der Waals surface area contributed by atoms with Crippen molar-refractivity contribution in [1.29, 1.82) is 0 Å². The Morgan fingerprint density at radius 2 is 2.06 bits per heavy atom. The molecule has 1 aromatic carbocycles. The van der Waals surface area contributed by atoms with Gasteiger partial charge in [-0.2, -0.15) is 0 Å². The molecule has 4 nitrogen and oxygen atoms in total. The molecule has 0 bridgehead atoms. The highest BCUT2D eigenvalue weighted by Gasteiger charge is 2.46. The summed E-state index contributed by atoms with van der Waals surface area (Å²) in [6.07, 6.45) is 4.56. The van der Waals surface area contributed by atoms with Gasteiger partial charge in [0.25, 0.3) is 0 Å². The van der Waals surface area contributed by atoms with Crippen LogP contribution in [0, 0.1) is 5.92 Å². The molecule has 2 aromatic rings. The van der Waals surface area contributed by atoms with E-state index >= 15 is 0 Å². The summed E-state index contributed by atoms with van der Waals surface area (Å²) in [5, 5.41) is 19.0. The van der Waals surface area contributed by atoms with Crippen LogP contribution >= 0.6 is 0 Å². The zero-order valence-corrected chi connectivity index (χ0v) is 10.5. The fourth-order valence-corrected chi connectivity index (χ4v) is 2.53. The average molecular weight is 243 g/mol. The molecule has 0 radical (unpaired) electrons. The number of hydrogen-bond acceptors (Lipinski definition) is 3. The molecule has 94 valence electrons. The van der Waals surface area contributed by atoms with E-state index in [4.69, 9.17) is 0 Å². The number of hydrogen-bond donors (Lipinski definition) is 1. The van der Waals surface area contributed by atoms with Crippen LogP contribution in [0.5, 0.6) is 0 Å². The summed E-state index contributed by atoms with van der Waals surface area (Å²) in [6.45, 7) is 2.01. The van der Waals surface area contributed by atoms with Crippen molar-refractivity contribution in [2.75, 3.05) is 0 Å². The lowest BCUT2D eigenvalue weighted by Crippen LogP contribution is -2.30. The highest BCUT2D eigenvalue weighted by atomic mass is 16.3. The van der Waals surface area contributed by atoms with E-state index < -0.39 is 5.60 Å². The van der Waals surface area contributed by atoms with Crippen molar-refractivity contribution in [2.24, 2.45) is 5.92 Å². The Balaban J connectivity index is 2.06. The number of benzene rings is 1. The molecule has 0 aliphatic heterocycles. The van der Waals surface area contributed by atoms with Crippen molar-refractivity contribution >= 4 is 0 Å². The lowest BCUT2D eigenvalue weighted by molar-refractivity contribution is 0.00237. The van der Waals surface area contributed by atoms with Gasteiger partial charge in [0.15, 0.2) is 0 Å². The van der Waals surface area contributed by atoms with E-state index in [2.05, 4.69) is 10.3 Å². The minimum Gasteiger partial charge on any atom is -0.383 e. The second kappa shape index (κ2) is 4.21. The fraction of sp³-hybridized carbons (Fsp3) is 0.429. The van der Waals surface area contributed by atoms with Gasteiger partial charge < -0.3 is 5.11 Å². The smallest absolute Gasteiger partial charge is 0.111 e. The maximum absolute atomic E-state index is 10.9. The quantitative estimate of drug-likeness (QED) is 0.896. The maximum atomic E-state index is 10.9. The molecule has 1 saturated carbocycles. The van der Waals surface area contributed by atoms with Gasteiger partial charge in [0, 0.05) is 0 Å². The first-order valence-corrected chi connectivity index (χ1v) is 6.44. The molecule has 1 aromatic heterocycles. The van der Waals surface area contributed by atoms with Crippen molar-refractivity contribution in [3.63, 3.8) is 0 Å². The van der Waals surface area contributed by atoms with Crippen molar-refractivity contribution in [1.82, 2.24) is 15.0 Å². The van der Waals surface area contributed by atoms with Crippen LogP contribution in [0.4, 0.5) is 0 Å². The first-order chi connectivity index (χ1) is 8.75. The van der Waals surface area contributed by atoms with Gasteiger partial charge >= 0.3 is 0 Å². The molecule has 1 aliphatic carbocycles. The van der Waals surface area contributed by atoms with Crippen LogP contribution in [0.1, 0.15) is 31.9 Å². The number of para-hydroxylation sites is 1. The molecule has 0 saturated heterocycles. The third-order valence-electron chi connectivity index (χ3n) is 3.79. The van der Waals surface area contributed by atoms with E-state index in [0.717, 1.165) is 24.2 Å². The predicted octanol–water partition coefficient (Wildman–Crippen LogP) is 2.27. The Morgan fingerprint density at radius 3 is 2.67 bits per heavy atom. The van der Waals surface area contributed by atoms with E-state index in [0.29, 0.717) is 12.3 Å². The summed E-state index contributed by atoms with van der Waals surface area (Å²) in [5.74, 6) is 0.350. The van der Waals surface area contributed by atoms with Crippen molar-refractivity contribution in [3.05, 3.63) is 42.2 Å². The van der Waals surface area contributed by atoms with Gasteiger partial charge in [-0.15, -0.1) is 5.10 Å². The Kier molecular flexibility index (Phi) is 2.67. The number of rotatable bonds is 4. The zero-order valence-electron chi connectivity index (χ0n) is 10.5. The standard InChI is InChI=1S/C14H17N3O/c1-2-14(18,11-8-9-11)13-10-15-16-17(13)12-6-4-3-5-7-12/h3-7,10-11,18H,2,8-9H2,1H3. The van der Waals surface area contributed by atoms with Gasteiger partial charge in [-0.1, -0.05) is 30.3 Å². The van der Waals surface area contributed by atoms with Crippen molar-refractivity contribution < 1.29 is 5.11 Å². The Labute approximate surface area is 106 Å². The van der Waals surface area contributed by atoms with Crippen LogP contribution in [0.2, 0.25) is 0 Å². The van der Waals surface area contributed by atoms with Crippen LogP contribution in [-0.2, 0) is 5.60 Å². The molecule has 1 N–H and O–H groups in total. The number of aromatic nitrogens is 3. The highest BCUT2D eigenvalue weighted by Crippen LogP contribution is 2.47. The number of aliphatic hydroxyl groups is 1. The molecule has 3 rings (SSSR count). The summed E-state index contributed by atoms with van der Waals surface area (Å²) < 4.78 is 1.75. The van der Waals surface area contributed by atoms with Crippen LogP contribution in [-0.4, -0.2) is 20.1 Å². The Bertz CT molecular complexity index is 533. The Hall–Kier alpha value is -1.68. The first-order valence-electron chi connectivity index (χ1n) is 6.44. The molecule has 1 heterocycles. The molecule has 0 spiro atoms. The van der Waals surface area contributed by atoms with Crippen LogP contribution in [0.15, 0.2) is 36.5 Å². The highest BCUT2D eigenvalue weighted by molar-refractivity contribution is 5.33. The minimum absolute atomic E-state index is 0.350. The van der Waals surface area contributed by atoms with Gasteiger partial charge in [0.2, 0.25) is 0 Å². The minimum atomic E-state index is -0.792. The summed E-state index contributed by atoms with van der Waals surface area (Å²) in [6, 6.07) is 9.83. The largest absolute Gasteiger partial charge is 0.383 e. The van der Waals surface area contributed by atoms with Gasteiger partial charge in [0.05, 0.1) is 17.6 Å². The topological polar surface area (TPSA) is 50.9 Å². The molecule has 1 aliphatic rings. The molecule has 18 heavy (non-hydrogen) atoms. The Morgan fingerprint density at radius 1 is 1.33 bits per heavy atom. The summed E-state index contributed by atoms with van der Waals surface area (Å²) in [4.78, 5) is 0. The lowest BCUT2D eigenvalue weighted by atomic mass is 9.91. The monoisotopic (exact) mass is 243 g/mol. The molecule has 0 amide bonds. The SMILES string of the molecule is CCC(O)(c1cnnn1-c1ccccc1)C1CC1. The lowest BCUT2D eigenvalue weighted by Gasteiger charge is -2.26. The average Bonchev–Trinajstić information content (AvgIpc) is 3.16. The normalized spacial score (nSPS) is 18.6. The van der Waals surface area contributed by atoms with E-state index in [9.17, 15) is 5.11 Å². The van der Waals surface area contributed by atoms with Crippen LogP contribution in [0.25, 0.3) is 5.69 Å². The van der Waals surface area contributed by atoms with E-state index in [1.807, 2.05) is 37.3 Å². The molecular formula is C14H17N3O. The predicted molar refractivity (Wildman–Crippen MR) is 68.3 cm³/mol. The van der Waals surface area contributed by atoms with Gasteiger partial charge in [0.1, 0.15) is 5.60 Å². The summed E-state index contributed by atoms with van der Waals surface area (Å²) in [7, 11) is 0. The molecule has 1 fully saturated rings. The second-order valence-electron chi connectivity index (χ2n) is 4.92. The van der Waals surface area contributed by atoms with Crippen LogP contribution in [0.3, 0.4) is 0 Å². The van der Waals surface area contributed by atoms with E-state index in [1.54, 1.807) is 10.9 Å². The first kappa shape index (κ1) is 11.4. The second-order valence-corrected chi connectivity index (χ2v) is 4.92. The molecule has 1 unspecified atom stereocenters. The van der Waals surface area contributed by atoms with Gasteiger partial charge in [-0.25, -0.2) is 4.68 Å². The van der Waals surface area contributed by atoms with E-state index in [-0.39, 0.29) is 0 Å². The van der Waals surface area contributed by atoms with E-state index in [1.165, 1.54) is 0 Å². The molecular weight excluding hydrogens is 226 g/mol. The van der Waals surface area contributed by atoms with Crippen LogP contribution < -0.4 is 0 Å². The number of nitrogens with zero attached hydrogens (tertiary/aromatic N) is 3. The molecule has 1 atom stereocenters. The van der Waals surface area contributed by atoms with Crippen molar-refractivity contribution in [3.8, 4) is 5.69 Å². The van der Waals surface area contributed by atoms with Gasteiger partial charge in [-0.05, 0) is 37.3 Å². The zero-order chi connectivity index (χ0) is 12.6. The van der Waals surface area contributed by atoms with Crippen molar-refractivity contribution in [2.45, 2.75) is 31.8 Å².